The fourth-order valence-electron chi connectivity index (χ4n) is 3.61. The van der Waals surface area contributed by atoms with Crippen LogP contribution in [0.25, 0.3) is 10.9 Å². The summed E-state index contributed by atoms with van der Waals surface area (Å²) in [5.41, 5.74) is 0.509. The molecule has 1 saturated heterocycles. The number of likely N-dealkylation sites (tertiary alicyclic amines) is 1. The predicted octanol–water partition coefficient (Wildman–Crippen LogP) is 3.01. The van der Waals surface area contributed by atoms with E-state index in [1.165, 1.54) is 11.8 Å². The van der Waals surface area contributed by atoms with Crippen LogP contribution in [0.4, 0.5) is 0 Å². The van der Waals surface area contributed by atoms with E-state index >= 15 is 0 Å². The minimum absolute atomic E-state index is 0.0838. The Morgan fingerprint density at radius 3 is 2.76 bits per heavy atom. The van der Waals surface area contributed by atoms with Crippen LogP contribution in [0.3, 0.4) is 0 Å². The number of benzene rings is 1. The summed E-state index contributed by atoms with van der Waals surface area (Å²) in [6.07, 6.45) is 2.40. The van der Waals surface area contributed by atoms with Crippen molar-refractivity contribution < 1.29 is 14.3 Å². The summed E-state index contributed by atoms with van der Waals surface area (Å²) in [5.74, 6) is -0.355. The molecule has 1 aliphatic heterocycles. The van der Waals surface area contributed by atoms with E-state index in [0.29, 0.717) is 35.6 Å². The zero-order chi connectivity index (χ0) is 21.0. The molecule has 0 saturated carbocycles. The van der Waals surface area contributed by atoms with Gasteiger partial charge in [-0.2, -0.15) is 0 Å². The highest BCUT2D eigenvalue weighted by molar-refractivity contribution is 7.99. The lowest BCUT2D eigenvalue weighted by Crippen LogP contribution is -2.49. The molecule has 0 bridgehead atoms. The maximum Gasteiger partial charge on any atom is 0.328 e. The molecule has 0 radical (unpaired) electrons. The van der Waals surface area contributed by atoms with Crippen LogP contribution in [0.15, 0.2) is 34.2 Å². The van der Waals surface area contributed by atoms with E-state index in [4.69, 9.17) is 4.74 Å². The third kappa shape index (κ3) is 4.63. The summed E-state index contributed by atoms with van der Waals surface area (Å²) < 4.78 is 6.77. The fourth-order valence-corrected chi connectivity index (χ4v) is 4.62. The topological polar surface area (TPSA) is 81.5 Å². The van der Waals surface area contributed by atoms with Gasteiger partial charge in [0.25, 0.3) is 5.56 Å². The van der Waals surface area contributed by atoms with Gasteiger partial charge < -0.3 is 9.64 Å². The number of carbonyl (C=O) groups is 2. The zero-order valence-corrected chi connectivity index (χ0v) is 17.9. The SMILES string of the molecule is CCOC(=O)[C@@H]1CCCCN1C(=O)CSc1nc2ccccc2c(=O)n1C(C)C. The van der Waals surface area contributed by atoms with E-state index < -0.39 is 6.04 Å². The average molecular weight is 418 g/mol. The molecule has 1 aromatic carbocycles. The molecule has 7 nitrogen and oxygen atoms in total. The third-order valence-electron chi connectivity index (χ3n) is 5.00. The van der Waals surface area contributed by atoms with E-state index in [2.05, 4.69) is 4.98 Å². The lowest BCUT2D eigenvalue weighted by atomic mass is 10.0. The Morgan fingerprint density at radius 2 is 2.03 bits per heavy atom. The number of hydrogen-bond acceptors (Lipinski definition) is 6. The van der Waals surface area contributed by atoms with Gasteiger partial charge in [0.05, 0.1) is 23.3 Å². The van der Waals surface area contributed by atoms with E-state index in [1.807, 2.05) is 26.0 Å². The highest BCUT2D eigenvalue weighted by Crippen LogP contribution is 2.24. The van der Waals surface area contributed by atoms with Crippen molar-refractivity contribution in [3.05, 3.63) is 34.6 Å². The number of ether oxygens (including phenoxy) is 1. The Balaban J connectivity index is 1.82. The molecule has 1 aromatic heterocycles. The monoisotopic (exact) mass is 417 g/mol. The zero-order valence-electron chi connectivity index (χ0n) is 17.1. The van der Waals surface area contributed by atoms with Gasteiger partial charge in [0.2, 0.25) is 5.91 Å². The van der Waals surface area contributed by atoms with Crippen molar-refractivity contribution in [1.82, 2.24) is 14.5 Å². The average Bonchev–Trinajstić information content (AvgIpc) is 2.72. The molecule has 0 spiro atoms. The van der Waals surface area contributed by atoms with Crippen LogP contribution in [-0.4, -0.2) is 51.3 Å². The van der Waals surface area contributed by atoms with Crippen LogP contribution in [0, 0.1) is 0 Å². The van der Waals surface area contributed by atoms with Crippen LogP contribution in [0.2, 0.25) is 0 Å². The third-order valence-corrected chi connectivity index (χ3v) is 5.94. The van der Waals surface area contributed by atoms with Gasteiger partial charge in [-0.3, -0.25) is 14.2 Å². The number of nitrogens with zero attached hydrogens (tertiary/aromatic N) is 3. The molecule has 2 aromatic rings. The van der Waals surface area contributed by atoms with Gasteiger partial charge in [-0.15, -0.1) is 0 Å². The van der Waals surface area contributed by atoms with Crippen molar-refractivity contribution in [2.45, 2.75) is 57.3 Å². The number of amides is 1. The summed E-state index contributed by atoms with van der Waals surface area (Å²) in [4.78, 5) is 44.3. The molecule has 1 aliphatic rings. The van der Waals surface area contributed by atoms with Crippen LogP contribution in [0.1, 0.15) is 46.1 Å². The van der Waals surface area contributed by atoms with E-state index in [1.54, 1.807) is 28.5 Å². The first-order chi connectivity index (χ1) is 13.9. The molecule has 1 amide bonds. The van der Waals surface area contributed by atoms with Crippen LogP contribution < -0.4 is 5.56 Å². The Bertz CT molecular complexity index is 957. The maximum atomic E-state index is 12.9. The number of carbonyl (C=O) groups excluding carboxylic acids is 2. The summed E-state index contributed by atoms with van der Waals surface area (Å²) in [6, 6.07) is 6.62. The Labute approximate surface area is 174 Å². The van der Waals surface area contributed by atoms with Crippen LogP contribution in [-0.2, 0) is 14.3 Å². The quantitative estimate of drug-likeness (QED) is 0.408. The molecule has 8 heteroatoms. The van der Waals surface area contributed by atoms with Crippen LogP contribution >= 0.6 is 11.8 Å². The minimum Gasteiger partial charge on any atom is -0.464 e. The normalized spacial score (nSPS) is 17.0. The van der Waals surface area contributed by atoms with E-state index in [-0.39, 0.29) is 29.2 Å². The molecule has 2 heterocycles. The highest BCUT2D eigenvalue weighted by atomic mass is 32.2. The molecule has 3 rings (SSSR count). The van der Waals surface area contributed by atoms with E-state index in [0.717, 1.165) is 12.8 Å². The van der Waals surface area contributed by atoms with Gasteiger partial charge >= 0.3 is 5.97 Å². The van der Waals surface area contributed by atoms with Crippen molar-refractivity contribution in [2.75, 3.05) is 18.9 Å². The van der Waals surface area contributed by atoms with E-state index in [9.17, 15) is 14.4 Å². The van der Waals surface area contributed by atoms with Crippen molar-refractivity contribution >= 4 is 34.5 Å². The number of para-hydroxylation sites is 1. The number of thioether (sulfide) groups is 1. The predicted molar refractivity (Wildman–Crippen MR) is 113 cm³/mol. The Hall–Kier alpha value is -2.35. The van der Waals surface area contributed by atoms with Gasteiger partial charge in [0.1, 0.15) is 6.04 Å². The van der Waals surface area contributed by atoms with Crippen LogP contribution in [0.5, 0.6) is 0 Å². The molecule has 0 N–H and O–H groups in total. The van der Waals surface area contributed by atoms with Crippen molar-refractivity contribution in [2.24, 2.45) is 0 Å². The molecule has 0 aliphatic carbocycles. The second kappa shape index (κ2) is 9.43. The van der Waals surface area contributed by atoms with Gasteiger partial charge in [0.15, 0.2) is 5.16 Å². The molecule has 156 valence electrons. The summed E-state index contributed by atoms with van der Waals surface area (Å²) in [6.45, 7) is 6.45. The molecular formula is C21H27N3O4S. The fraction of sp³-hybridized carbons (Fsp3) is 0.524. The molecule has 29 heavy (non-hydrogen) atoms. The second-order valence-electron chi connectivity index (χ2n) is 7.32. The Kier molecular flexibility index (Phi) is 6.95. The maximum absolute atomic E-state index is 12.9. The second-order valence-corrected chi connectivity index (χ2v) is 8.26. The minimum atomic E-state index is -0.520. The Morgan fingerprint density at radius 1 is 1.28 bits per heavy atom. The number of fused-ring (bicyclic) bond motifs is 1. The van der Waals surface area contributed by atoms with Crippen molar-refractivity contribution in [1.29, 1.82) is 0 Å². The lowest BCUT2D eigenvalue weighted by molar-refractivity contribution is -0.155. The number of aromatic nitrogens is 2. The summed E-state index contributed by atoms with van der Waals surface area (Å²) in [5, 5.41) is 1.08. The molecule has 1 atom stereocenters. The summed E-state index contributed by atoms with van der Waals surface area (Å²) >= 11 is 1.24. The lowest BCUT2D eigenvalue weighted by Gasteiger charge is -2.34. The number of esters is 1. The van der Waals surface area contributed by atoms with Gasteiger partial charge in [-0.25, -0.2) is 9.78 Å². The number of rotatable bonds is 6. The number of hydrogen-bond donors (Lipinski definition) is 0. The smallest absolute Gasteiger partial charge is 0.328 e. The first-order valence-corrected chi connectivity index (χ1v) is 11.0. The summed E-state index contributed by atoms with van der Waals surface area (Å²) in [7, 11) is 0. The molecular weight excluding hydrogens is 390 g/mol. The number of piperidine rings is 1. The van der Waals surface area contributed by atoms with Crippen molar-refractivity contribution in [3.8, 4) is 0 Å². The first kappa shape index (κ1) is 21.4. The first-order valence-electron chi connectivity index (χ1n) is 10.0. The molecule has 0 unspecified atom stereocenters. The standard InChI is InChI=1S/C21H27N3O4S/c1-4-28-20(27)17-11-7-8-12-23(17)18(25)13-29-21-22-16-10-6-5-9-15(16)19(26)24(21)14(2)3/h5-6,9-10,14,17H,4,7-8,11-13H2,1-3H3/t17-/m0/s1. The van der Waals surface area contributed by atoms with Gasteiger partial charge in [-0.05, 0) is 52.2 Å². The van der Waals surface area contributed by atoms with Crippen molar-refractivity contribution in [3.63, 3.8) is 0 Å². The van der Waals surface area contributed by atoms with Gasteiger partial charge in [0, 0.05) is 12.6 Å². The molecule has 1 fully saturated rings. The largest absolute Gasteiger partial charge is 0.464 e. The highest BCUT2D eigenvalue weighted by Gasteiger charge is 2.33. The van der Waals surface area contributed by atoms with Gasteiger partial charge in [-0.1, -0.05) is 23.9 Å².